The maximum Gasteiger partial charge on any atom is 0.315 e. The van der Waals surface area contributed by atoms with Gasteiger partial charge in [0.2, 0.25) is 0 Å². The van der Waals surface area contributed by atoms with Gasteiger partial charge in [0, 0.05) is 10.2 Å². The SMILES string of the molecule is C[C@H](OC(=O)[C@H]1CCCc2cn[nH]c21)C(=O)Nc1ccc(Br)cc1. The number of nitrogens with zero attached hydrogens (tertiary/aromatic N) is 1. The third-order valence-corrected chi connectivity index (χ3v) is 4.63. The van der Waals surface area contributed by atoms with Crippen molar-refractivity contribution in [3.63, 3.8) is 0 Å². The smallest absolute Gasteiger partial charge is 0.315 e. The van der Waals surface area contributed by atoms with Gasteiger partial charge in [-0.15, -0.1) is 0 Å². The molecular formula is C17H18BrN3O3. The molecule has 24 heavy (non-hydrogen) atoms. The summed E-state index contributed by atoms with van der Waals surface area (Å²) < 4.78 is 6.29. The van der Waals surface area contributed by atoms with Gasteiger partial charge in [-0.3, -0.25) is 14.7 Å². The predicted molar refractivity (Wildman–Crippen MR) is 92.6 cm³/mol. The predicted octanol–water partition coefficient (Wildman–Crippen LogP) is 3.16. The number of fused-ring (bicyclic) bond motifs is 1. The summed E-state index contributed by atoms with van der Waals surface area (Å²) in [5.74, 6) is -1.12. The number of aryl methyl sites for hydroxylation is 1. The maximum atomic E-state index is 12.4. The van der Waals surface area contributed by atoms with Crippen LogP contribution in [0.4, 0.5) is 5.69 Å². The molecule has 2 N–H and O–H groups in total. The monoisotopic (exact) mass is 391 g/mol. The second kappa shape index (κ2) is 7.17. The van der Waals surface area contributed by atoms with E-state index in [0.29, 0.717) is 12.1 Å². The van der Waals surface area contributed by atoms with Gasteiger partial charge in [-0.2, -0.15) is 5.10 Å². The molecule has 7 heteroatoms. The van der Waals surface area contributed by atoms with E-state index < -0.39 is 12.1 Å². The van der Waals surface area contributed by atoms with E-state index in [4.69, 9.17) is 4.74 Å². The average molecular weight is 392 g/mol. The molecule has 0 saturated heterocycles. The molecule has 2 atom stereocenters. The summed E-state index contributed by atoms with van der Waals surface area (Å²) in [5, 5.41) is 9.61. The van der Waals surface area contributed by atoms with Crippen molar-refractivity contribution in [3.8, 4) is 0 Å². The summed E-state index contributed by atoms with van der Waals surface area (Å²) in [6.45, 7) is 1.57. The van der Waals surface area contributed by atoms with Gasteiger partial charge in [0.15, 0.2) is 6.10 Å². The number of anilines is 1. The molecule has 0 aliphatic heterocycles. The van der Waals surface area contributed by atoms with Crippen LogP contribution < -0.4 is 5.32 Å². The maximum absolute atomic E-state index is 12.4. The van der Waals surface area contributed by atoms with Crippen LogP contribution in [0, 0.1) is 0 Å². The van der Waals surface area contributed by atoms with Gasteiger partial charge in [0.25, 0.3) is 5.91 Å². The highest BCUT2D eigenvalue weighted by Crippen LogP contribution is 2.31. The highest BCUT2D eigenvalue weighted by molar-refractivity contribution is 9.10. The molecule has 1 aromatic heterocycles. The lowest BCUT2D eigenvalue weighted by molar-refractivity contribution is -0.155. The second-order valence-electron chi connectivity index (χ2n) is 5.83. The summed E-state index contributed by atoms with van der Waals surface area (Å²) in [7, 11) is 0. The molecule has 126 valence electrons. The van der Waals surface area contributed by atoms with E-state index in [0.717, 1.165) is 28.6 Å². The zero-order valence-electron chi connectivity index (χ0n) is 13.2. The largest absolute Gasteiger partial charge is 0.452 e. The van der Waals surface area contributed by atoms with Crippen molar-refractivity contribution in [1.82, 2.24) is 10.2 Å². The van der Waals surface area contributed by atoms with Gasteiger partial charge >= 0.3 is 5.97 Å². The van der Waals surface area contributed by atoms with Crippen molar-refractivity contribution in [1.29, 1.82) is 0 Å². The fraction of sp³-hybridized carbons (Fsp3) is 0.353. The van der Waals surface area contributed by atoms with E-state index in [1.165, 1.54) is 0 Å². The van der Waals surface area contributed by atoms with Crippen LogP contribution in [0.2, 0.25) is 0 Å². The third-order valence-electron chi connectivity index (χ3n) is 4.10. The Kier molecular flexibility index (Phi) is 4.99. The lowest BCUT2D eigenvalue weighted by Gasteiger charge is -2.22. The van der Waals surface area contributed by atoms with Gasteiger partial charge in [-0.05, 0) is 56.0 Å². The van der Waals surface area contributed by atoms with Crippen LogP contribution in [0.5, 0.6) is 0 Å². The fourth-order valence-corrected chi connectivity index (χ4v) is 3.05. The van der Waals surface area contributed by atoms with Crippen LogP contribution in [0.25, 0.3) is 0 Å². The minimum atomic E-state index is -0.866. The van der Waals surface area contributed by atoms with E-state index in [1.54, 1.807) is 25.3 Å². The van der Waals surface area contributed by atoms with Crippen molar-refractivity contribution in [2.75, 3.05) is 5.32 Å². The zero-order valence-corrected chi connectivity index (χ0v) is 14.8. The number of hydrogen-bond donors (Lipinski definition) is 2. The fourth-order valence-electron chi connectivity index (χ4n) is 2.79. The Morgan fingerprint density at radius 2 is 2.12 bits per heavy atom. The lowest BCUT2D eigenvalue weighted by Crippen LogP contribution is -2.32. The topological polar surface area (TPSA) is 84.1 Å². The summed E-state index contributed by atoms with van der Waals surface area (Å²) in [6, 6.07) is 7.20. The number of carbonyl (C=O) groups excluding carboxylic acids is 2. The molecule has 0 unspecified atom stereocenters. The van der Waals surface area contributed by atoms with Crippen LogP contribution >= 0.6 is 15.9 Å². The van der Waals surface area contributed by atoms with Crippen molar-refractivity contribution >= 4 is 33.5 Å². The molecule has 1 heterocycles. The number of benzene rings is 1. The lowest BCUT2D eigenvalue weighted by atomic mass is 9.88. The molecule has 1 aliphatic rings. The number of hydrogen-bond acceptors (Lipinski definition) is 4. The van der Waals surface area contributed by atoms with Crippen LogP contribution in [0.15, 0.2) is 34.9 Å². The van der Waals surface area contributed by atoms with Crippen LogP contribution in [0.1, 0.15) is 36.9 Å². The number of amides is 1. The first kappa shape index (κ1) is 16.7. The first-order valence-corrected chi connectivity index (χ1v) is 8.63. The van der Waals surface area contributed by atoms with Gasteiger partial charge in [-0.1, -0.05) is 15.9 Å². The van der Waals surface area contributed by atoms with Crippen LogP contribution in [0.3, 0.4) is 0 Å². The summed E-state index contributed by atoms with van der Waals surface area (Å²) in [6.07, 6.45) is 3.41. The number of esters is 1. The first-order valence-electron chi connectivity index (χ1n) is 7.83. The van der Waals surface area contributed by atoms with Crippen molar-refractivity contribution < 1.29 is 14.3 Å². The van der Waals surface area contributed by atoms with Crippen molar-refractivity contribution in [2.24, 2.45) is 0 Å². The van der Waals surface area contributed by atoms with E-state index in [1.807, 2.05) is 12.1 Å². The Morgan fingerprint density at radius 3 is 2.88 bits per heavy atom. The van der Waals surface area contributed by atoms with Crippen molar-refractivity contribution in [3.05, 3.63) is 46.2 Å². The summed E-state index contributed by atoms with van der Waals surface area (Å²) in [5.41, 5.74) is 2.52. The molecule has 0 bridgehead atoms. The minimum Gasteiger partial charge on any atom is -0.452 e. The Bertz CT molecular complexity index is 742. The van der Waals surface area contributed by atoms with Gasteiger partial charge in [-0.25, -0.2) is 0 Å². The molecule has 3 rings (SSSR count). The number of ether oxygens (including phenoxy) is 1. The van der Waals surface area contributed by atoms with Crippen molar-refractivity contribution in [2.45, 2.75) is 38.2 Å². The number of H-pyrrole nitrogens is 1. The average Bonchev–Trinajstić information content (AvgIpc) is 3.05. The number of carbonyl (C=O) groups is 2. The molecule has 1 aromatic carbocycles. The number of nitrogens with one attached hydrogen (secondary N) is 2. The van der Waals surface area contributed by atoms with Gasteiger partial charge in [0.1, 0.15) is 0 Å². The van der Waals surface area contributed by atoms with Crippen LogP contribution in [-0.4, -0.2) is 28.2 Å². The van der Waals surface area contributed by atoms with Crippen LogP contribution in [-0.2, 0) is 20.7 Å². The van der Waals surface area contributed by atoms with Gasteiger partial charge in [0.05, 0.1) is 17.8 Å². The molecule has 2 aromatic rings. The summed E-state index contributed by atoms with van der Waals surface area (Å²) >= 11 is 3.34. The molecule has 6 nitrogen and oxygen atoms in total. The standard InChI is InChI=1S/C17H18BrN3O3/c1-10(16(22)20-13-7-5-12(18)6-8-13)24-17(23)14-4-2-3-11-9-19-21-15(11)14/h5-10,14H,2-4H2,1H3,(H,19,21)(H,20,22)/t10-,14-/m0/s1. The Hall–Kier alpha value is -2.15. The molecule has 0 fully saturated rings. The highest BCUT2D eigenvalue weighted by atomic mass is 79.9. The third kappa shape index (κ3) is 3.67. The van der Waals surface area contributed by atoms with E-state index >= 15 is 0 Å². The molecule has 0 radical (unpaired) electrons. The van der Waals surface area contributed by atoms with Gasteiger partial charge < -0.3 is 10.1 Å². The van der Waals surface area contributed by atoms with E-state index in [2.05, 4.69) is 31.4 Å². The highest BCUT2D eigenvalue weighted by Gasteiger charge is 2.31. The quantitative estimate of drug-likeness (QED) is 0.783. The first-order chi connectivity index (χ1) is 11.5. The van der Waals surface area contributed by atoms with E-state index in [9.17, 15) is 9.59 Å². The molecule has 1 aliphatic carbocycles. The molecule has 1 amide bonds. The number of rotatable bonds is 4. The molecule has 0 spiro atoms. The second-order valence-corrected chi connectivity index (χ2v) is 6.74. The normalized spacial score (nSPS) is 17.7. The molecular weight excluding hydrogens is 374 g/mol. The molecule has 0 saturated carbocycles. The Labute approximate surface area is 148 Å². The van der Waals surface area contributed by atoms with E-state index in [-0.39, 0.29) is 11.8 Å². The summed E-state index contributed by atoms with van der Waals surface area (Å²) in [4.78, 5) is 24.6. The minimum absolute atomic E-state index is 0.355. The Morgan fingerprint density at radius 1 is 1.38 bits per heavy atom. The Balaban J connectivity index is 1.60. The number of aromatic amines is 1. The number of halogens is 1. The number of aromatic nitrogens is 2. The zero-order chi connectivity index (χ0) is 17.1.